The molecule has 1 saturated heterocycles. The van der Waals surface area contributed by atoms with Gasteiger partial charge in [-0.1, -0.05) is 23.7 Å². The number of hydrogen-bond acceptors (Lipinski definition) is 6. The van der Waals surface area contributed by atoms with Crippen LogP contribution < -0.4 is 5.32 Å². The van der Waals surface area contributed by atoms with Crippen molar-refractivity contribution in [3.8, 4) is 0 Å². The number of hydrogen-bond donors (Lipinski definition) is 1. The quantitative estimate of drug-likeness (QED) is 0.748. The van der Waals surface area contributed by atoms with Gasteiger partial charge in [-0.3, -0.25) is 4.79 Å². The van der Waals surface area contributed by atoms with Crippen LogP contribution >= 0.6 is 22.9 Å². The van der Waals surface area contributed by atoms with E-state index in [1.165, 1.54) is 21.1 Å². The Morgan fingerprint density at radius 2 is 1.93 bits per heavy atom. The predicted molar refractivity (Wildman–Crippen MR) is 119 cm³/mol. The normalized spacial score (nSPS) is 20.5. The number of sulfonamides is 1. The van der Waals surface area contributed by atoms with Crippen LogP contribution in [0.25, 0.3) is 6.08 Å². The zero-order valence-corrected chi connectivity index (χ0v) is 18.9. The molecule has 1 aromatic carbocycles. The minimum atomic E-state index is -3.55. The van der Waals surface area contributed by atoms with Crippen LogP contribution in [-0.2, 0) is 23.0 Å². The first-order valence-electron chi connectivity index (χ1n) is 9.77. The number of fused-ring (bicyclic) bond motifs is 1. The highest BCUT2D eigenvalue weighted by atomic mass is 35.5. The van der Waals surface area contributed by atoms with Gasteiger partial charge in [-0.15, -0.1) is 11.3 Å². The van der Waals surface area contributed by atoms with E-state index in [1.807, 2.05) is 0 Å². The van der Waals surface area contributed by atoms with Crippen molar-refractivity contribution in [3.63, 3.8) is 0 Å². The SMILES string of the molecule is CC1Cc2nc(C(=O)N3CCN(S(=O)(=O)/C=C/c4ccc(Cl)cc4)CC3)sc2CN1. The molecule has 4 rings (SSSR count). The lowest BCUT2D eigenvalue weighted by Gasteiger charge is -2.32. The summed E-state index contributed by atoms with van der Waals surface area (Å²) in [5, 5.41) is 5.68. The van der Waals surface area contributed by atoms with Crippen molar-refractivity contribution in [2.24, 2.45) is 0 Å². The number of carbonyl (C=O) groups is 1. The highest BCUT2D eigenvalue weighted by Crippen LogP contribution is 2.25. The maximum atomic E-state index is 12.9. The smallest absolute Gasteiger partial charge is 0.282 e. The third-order valence-electron chi connectivity index (χ3n) is 5.26. The average molecular weight is 467 g/mol. The Morgan fingerprint density at radius 1 is 1.23 bits per heavy atom. The van der Waals surface area contributed by atoms with Crippen LogP contribution in [0.4, 0.5) is 0 Å². The van der Waals surface area contributed by atoms with Gasteiger partial charge in [-0.2, -0.15) is 4.31 Å². The topological polar surface area (TPSA) is 82.6 Å². The number of amides is 1. The molecule has 1 N–H and O–H groups in total. The summed E-state index contributed by atoms with van der Waals surface area (Å²) in [6.45, 7) is 4.08. The molecule has 2 aromatic rings. The van der Waals surface area contributed by atoms with Gasteiger partial charge in [0.2, 0.25) is 10.0 Å². The molecule has 7 nitrogen and oxygen atoms in total. The van der Waals surface area contributed by atoms with Gasteiger partial charge in [0.25, 0.3) is 5.91 Å². The maximum absolute atomic E-state index is 12.9. The monoisotopic (exact) mass is 466 g/mol. The summed E-state index contributed by atoms with van der Waals surface area (Å²) in [5.41, 5.74) is 1.76. The van der Waals surface area contributed by atoms with E-state index in [2.05, 4.69) is 17.2 Å². The third-order valence-corrected chi connectivity index (χ3v) is 8.16. The minimum Gasteiger partial charge on any atom is -0.334 e. The second-order valence-electron chi connectivity index (χ2n) is 7.47. The third kappa shape index (κ3) is 4.76. The van der Waals surface area contributed by atoms with Gasteiger partial charge < -0.3 is 10.2 Å². The van der Waals surface area contributed by atoms with E-state index in [4.69, 9.17) is 11.6 Å². The van der Waals surface area contributed by atoms with Crippen molar-refractivity contribution in [1.82, 2.24) is 19.5 Å². The highest BCUT2D eigenvalue weighted by molar-refractivity contribution is 7.92. The first-order chi connectivity index (χ1) is 14.3. The van der Waals surface area contributed by atoms with Gasteiger partial charge in [0, 0.05) is 60.5 Å². The van der Waals surface area contributed by atoms with Crippen LogP contribution in [0, 0.1) is 0 Å². The van der Waals surface area contributed by atoms with Gasteiger partial charge in [0.1, 0.15) is 0 Å². The number of piperazine rings is 1. The molecule has 30 heavy (non-hydrogen) atoms. The first kappa shape index (κ1) is 21.5. The highest BCUT2D eigenvalue weighted by Gasteiger charge is 2.30. The van der Waals surface area contributed by atoms with E-state index < -0.39 is 10.0 Å². The van der Waals surface area contributed by atoms with Crippen molar-refractivity contribution >= 4 is 44.9 Å². The summed E-state index contributed by atoms with van der Waals surface area (Å²) in [6.07, 6.45) is 2.38. The lowest BCUT2D eigenvalue weighted by atomic mass is 10.1. The molecule has 10 heteroatoms. The van der Waals surface area contributed by atoms with E-state index in [0.29, 0.717) is 29.2 Å². The van der Waals surface area contributed by atoms with Gasteiger partial charge in [-0.25, -0.2) is 13.4 Å². The number of nitrogens with one attached hydrogen (secondary N) is 1. The second kappa shape index (κ2) is 8.76. The van der Waals surface area contributed by atoms with Crippen molar-refractivity contribution in [2.75, 3.05) is 26.2 Å². The maximum Gasteiger partial charge on any atom is 0.282 e. The van der Waals surface area contributed by atoms with E-state index in [-0.39, 0.29) is 19.0 Å². The number of halogens is 1. The summed E-state index contributed by atoms with van der Waals surface area (Å²) in [4.78, 5) is 20.2. The summed E-state index contributed by atoms with van der Waals surface area (Å²) < 4.78 is 26.7. The fourth-order valence-electron chi connectivity index (χ4n) is 3.51. The zero-order chi connectivity index (χ0) is 21.3. The fourth-order valence-corrected chi connectivity index (χ4v) is 5.81. The molecule has 0 aliphatic carbocycles. The average Bonchev–Trinajstić information content (AvgIpc) is 3.16. The molecule has 160 valence electrons. The van der Waals surface area contributed by atoms with Crippen molar-refractivity contribution in [3.05, 3.63) is 55.8 Å². The summed E-state index contributed by atoms with van der Waals surface area (Å²) >= 11 is 7.29. The Balaban J connectivity index is 1.37. The number of rotatable bonds is 4. The van der Waals surface area contributed by atoms with Crippen LogP contribution in [-0.4, -0.2) is 60.7 Å². The number of aromatic nitrogens is 1. The molecular weight excluding hydrogens is 444 g/mol. The fraction of sp³-hybridized carbons (Fsp3) is 0.400. The summed E-state index contributed by atoms with van der Waals surface area (Å²) in [6, 6.07) is 7.30. The molecule has 1 unspecified atom stereocenters. The number of nitrogens with zero attached hydrogens (tertiary/aromatic N) is 3. The Bertz CT molecular complexity index is 1060. The molecule has 0 saturated carbocycles. The zero-order valence-electron chi connectivity index (χ0n) is 16.5. The van der Waals surface area contributed by atoms with Crippen LogP contribution in [0.15, 0.2) is 29.7 Å². The molecule has 3 heterocycles. The molecule has 1 amide bonds. The molecule has 0 spiro atoms. The Kier molecular flexibility index (Phi) is 6.26. The van der Waals surface area contributed by atoms with Crippen LogP contribution in [0.5, 0.6) is 0 Å². The molecule has 2 aliphatic heterocycles. The Hall–Kier alpha value is -1.78. The van der Waals surface area contributed by atoms with E-state index in [0.717, 1.165) is 29.1 Å². The van der Waals surface area contributed by atoms with Crippen molar-refractivity contribution in [1.29, 1.82) is 0 Å². The van der Waals surface area contributed by atoms with Crippen molar-refractivity contribution < 1.29 is 13.2 Å². The second-order valence-corrected chi connectivity index (χ2v) is 10.8. The van der Waals surface area contributed by atoms with E-state index in [1.54, 1.807) is 35.2 Å². The van der Waals surface area contributed by atoms with Gasteiger partial charge in [0.05, 0.1) is 5.69 Å². The summed E-state index contributed by atoms with van der Waals surface area (Å²) in [5.74, 6) is -0.115. The van der Waals surface area contributed by atoms with Crippen LogP contribution in [0.3, 0.4) is 0 Å². The lowest BCUT2D eigenvalue weighted by Crippen LogP contribution is -2.50. The molecule has 0 radical (unpaired) electrons. The van der Waals surface area contributed by atoms with Gasteiger partial charge in [0.15, 0.2) is 5.01 Å². The lowest BCUT2D eigenvalue weighted by molar-refractivity contribution is 0.0698. The van der Waals surface area contributed by atoms with Crippen molar-refractivity contribution in [2.45, 2.75) is 25.9 Å². The van der Waals surface area contributed by atoms with E-state index in [9.17, 15) is 13.2 Å². The summed E-state index contributed by atoms with van der Waals surface area (Å²) in [7, 11) is -3.55. The number of benzene rings is 1. The molecule has 1 fully saturated rings. The molecule has 1 atom stereocenters. The predicted octanol–water partition coefficient (Wildman–Crippen LogP) is 2.59. The molecule has 0 bridgehead atoms. The number of thiazole rings is 1. The van der Waals surface area contributed by atoms with Gasteiger partial charge in [-0.05, 0) is 30.7 Å². The largest absolute Gasteiger partial charge is 0.334 e. The standard InChI is InChI=1S/C20H23ClN4O3S2/c1-14-12-17-18(13-22-14)29-19(23-17)20(26)24-7-9-25(10-8-24)30(27,28)11-6-15-2-4-16(21)5-3-15/h2-6,11,14,22H,7-10,12-13H2,1H3/b11-6+. The molecular formula is C20H23ClN4O3S2. The molecule has 2 aliphatic rings. The van der Waals surface area contributed by atoms with Gasteiger partial charge >= 0.3 is 0 Å². The van der Waals surface area contributed by atoms with Crippen LogP contribution in [0.2, 0.25) is 5.02 Å². The van der Waals surface area contributed by atoms with Crippen LogP contribution in [0.1, 0.15) is 32.9 Å². The van der Waals surface area contributed by atoms with E-state index >= 15 is 0 Å². The number of carbonyl (C=O) groups excluding carboxylic acids is 1. The molecule has 1 aromatic heterocycles. The Morgan fingerprint density at radius 3 is 2.63 bits per heavy atom. The minimum absolute atomic E-state index is 0.115. The first-order valence-corrected chi connectivity index (χ1v) is 12.5. The Labute approximate surface area is 185 Å².